The van der Waals surface area contributed by atoms with Crippen LogP contribution in [-0.4, -0.2) is 69.1 Å². The number of amidine groups is 1. The Bertz CT molecular complexity index is 790. The Morgan fingerprint density at radius 1 is 1.27 bits per heavy atom. The van der Waals surface area contributed by atoms with Crippen molar-refractivity contribution in [2.24, 2.45) is 12.0 Å². The van der Waals surface area contributed by atoms with Gasteiger partial charge in [0.05, 0.1) is 17.9 Å². The number of ether oxygens (including phenoxy) is 1. The molecule has 0 aliphatic carbocycles. The van der Waals surface area contributed by atoms with E-state index in [0.717, 1.165) is 30.9 Å². The molecule has 3 heterocycles. The molecular formula is C19H25N5O2. The van der Waals surface area contributed by atoms with Crippen molar-refractivity contribution in [2.75, 3.05) is 26.7 Å². The number of likely N-dealkylation sites (tertiary alicyclic amines) is 1. The van der Waals surface area contributed by atoms with Gasteiger partial charge in [0, 0.05) is 46.3 Å². The largest absolute Gasteiger partial charge is 0.454 e. The van der Waals surface area contributed by atoms with Gasteiger partial charge in [0.1, 0.15) is 6.10 Å². The fourth-order valence-corrected chi connectivity index (χ4v) is 3.73. The van der Waals surface area contributed by atoms with Crippen LogP contribution in [0.2, 0.25) is 0 Å². The monoisotopic (exact) mass is 355 g/mol. The molecule has 2 fully saturated rings. The molecule has 2 atom stereocenters. The minimum Gasteiger partial charge on any atom is -0.454 e. The number of β-amino-alcohol motifs (C(OH)–C–C–N with tert-alkyl or cyclic N) is 1. The maximum absolute atomic E-state index is 10.9. The highest BCUT2D eigenvalue weighted by Gasteiger charge is 2.50. The molecule has 0 amide bonds. The first-order valence-corrected chi connectivity index (χ1v) is 8.97. The lowest BCUT2D eigenvalue weighted by Gasteiger charge is -2.41. The highest BCUT2D eigenvalue weighted by Crippen LogP contribution is 2.34. The lowest BCUT2D eigenvalue weighted by Crippen LogP contribution is -2.57. The number of rotatable bonds is 3. The van der Waals surface area contributed by atoms with Crippen molar-refractivity contribution in [3.05, 3.63) is 48.3 Å². The zero-order valence-corrected chi connectivity index (χ0v) is 15.2. The van der Waals surface area contributed by atoms with Gasteiger partial charge in [0.25, 0.3) is 6.02 Å². The van der Waals surface area contributed by atoms with Crippen molar-refractivity contribution in [3.63, 3.8) is 0 Å². The number of para-hydroxylation sites is 1. The summed E-state index contributed by atoms with van der Waals surface area (Å²) in [5.74, 6) is 0. The summed E-state index contributed by atoms with van der Waals surface area (Å²) in [5, 5.41) is 15.1. The summed E-state index contributed by atoms with van der Waals surface area (Å²) < 4.78 is 8.08. The Morgan fingerprint density at radius 2 is 2.08 bits per heavy atom. The SMILES string of the molecule is CN1C[C@@]2(CCN(Cc3ccnn3C)C[C@@H]2O)OC1=Nc1ccccc1. The van der Waals surface area contributed by atoms with E-state index >= 15 is 0 Å². The van der Waals surface area contributed by atoms with Gasteiger partial charge in [-0.05, 0) is 18.2 Å². The van der Waals surface area contributed by atoms with E-state index in [9.17, 15) is 5.11 Å². The minimum absolute atomic E-state index is 0.560. The summed E-state index contributed by atoms with van der Waals surface area (Å²) in [4.78, 5) is 8.84. The third-order valence-corrected chi connectivity index (χ3v) is 5.30. The Labute approximate surface area is 153 Å². The van der Waals surface area contributed by atoms with E-state index in [0.29, 0.717) is 19.1 Å². The number of aryl methyl sites for hydroxylation is 1. The van der Waals surface area contributed by atoms with Crippen molar-refractivity contribution < 1.29 is 9.84 Å². The normalized spacial score (nSPS) is 28.0. The van der Waals surface area contributed by atoms with Crippen LogP contribution in [0.15, 0.2) is 47.6 Å². The zero-order valence-electron chi connectivity index (χ0n) is 15.2. The summed E-state index contributed by atoms with van der Waals surface area (Å²) in [5.41, 5.74) is 1.42. The van der Waals surface area contributed by atoms with Gasteiger partial charge < -0.3 is 14.7 Å². The minimum atomic E-state index is -0.578. The van der Waals surface area contributed by atoms with Crippen molar-refractivity contribution >= 4 is 11.7 Å². The molecule has 7 heteroatoms. The van der Waals surface area contributed by atoms with Crippen LogP contribution >= 0.6 is 0 Å². The maximum atomic E-state index is 10.9. The highest BCUT2D eigenvalue weighted by atomic mass is 16.6. The number of piperidine rings is 1. The zero-order chi connectivity index (χ0) is 18.1. The van der Waals surface area contributed by atoms with Gasteiger partial charge >= 0.3 is 0 Å². The van der Waals surface area contributed by atoms with Gasteiger partial charge in [-0.3, -0.25) is 9.58 Å². The van der Waals surface area contributed by atoms with Crippen molar-refractivity contribution in [1.29, 1.82) is 0 Å². The second kappa shape index (κ2) is 6.74. The smallest absolute Gasteiger partial charge is 0.293 e. The quantitative estimate of drug-likeness (QED) is 0.901. The summed E-state index contributed by atoms with van der Waals surface area (Å²) >= 11 is 0. The Balaban J connectivity index is 1.45. The first-order valence-electron chi connectivity index (χ1n) is 8.97. The molecular weight excluding hydrogens is 330 g/mol. The lowest BCUT2D eigenvalue weighted by atomic mass is 9.88. The van der Waals surface area contributed by atoms with Gasteiger partial charge in [-0.1, -0.05) is 18.2 Å². The number of aliphatic hydroxyl groups excluding tert-OH is 1. The first kappa shape index (κ1) is 17.1. The highest BCUT2D eigenvalue weighted by molar-refractivity contribution is 5.79. The average Bonchev–Trinajstić information content (AvgIpc) is 3.17. The molecule has 7 nitrogen and oxygen atoms in total. The van der Waals surface area contributed by atoms with Gasteiger partial charge in [-0.25, -0.2) is 0 Å². The van der Waals surface area contributed by atoms with Gasteiger partial charge in [-0.2, -0.15) is 10.1 Å². The molecule has 0 unspecified atom stereocenters. The summed E-state index contributed by atoms with van der Waals surface area (Å²) in [6.45, 7) is 2.89. The van der Waals surface area contributed by atoms with Crippen LogP contribution in [0.25, 0.3) is 0 Å². The van der Waals surface area contributed by atoms with Crippen LogP contribution in [0.5, 0.6) is 0 Å². The van der Waals surface area contributed by atoms with Crippen molar-refractivity contribution in [3.8, 4) is 0 Å². The number of aliphatic imine (C=N–C) groups is 1. The first-order chi connectivity index (χ1) is 12.6. The van der Waals surface area contributed by atoms with Crippen molar-refractivity contribution in [1.82, 2.24) is 19.6 Å². The van der Waals surface area contributed by atoms with Crippen LogP contribution in [0.1, 0.15) is 12.1 Å². The number of aromatic nitrogens is 2. The average molecular weight is 355 g/mol. The standard InChI is InChI=1S/C19H25N5O2/c1-22-14-19(26-18(22)21-15-6-4-3-5-7-15)9-11-24(13-17(19)25)12-16-8-10-20-23(16)2/h3-8,10,17,25H,9,11-14H2,1-2H3/t17-,19+/m0/s1. The third-order valence-electron chi connectivity index (χ3n) is 5.30. The number of hydrogen-bond donors (Lipinski definition) is 1. The van der Waals surface area contributed by atoms with Crippen LogP contribution in [-0.2, 0) is 18.3 Å². The molecule has 1 aromatic carbocycles. The van der Waals surface area contributed by atoms with Crippen LogP contribution in [0, 0.1) is 0 Å². The van der Waals surface area contributed by atoms with Crippen LogP contribution in [0.4, 0.5) is 5.69 Å². The molecule has 2 aliphatic rings. The number of benzene rings is 1. The topological polar surface area (TPSA) is 66.1 Å². The van der Waals surface area contributed by atoms with E-state index in [1.54, 1.807) is 6.20 Å². The van der Waals surface area contributed by atoms with Gasteiger partial charge in [0.2, 0.25) is 0 Å². The molecule has 2 aromatic rings. The fraction of sp³-hybridized carbons (Fsp3) is 0.474. The number of aliphatic hydroxyl groups is 1. The number of hydrogen-bond acceptors (Lipinski definition) is 5. The third kappa shape index (κ3) is 3.20. The van der Waals surface area contributed by atoms with Crippen LogP contribution in [0.3, 0.4) is 0 Å². The number of likely N-dealkylation sites (N-methyl/N-ethyl adjacent to an activating group) is 1. The van der Waals surface area contributed by atoms with E-state index in [2.05, 4.69) is 15.0 Å². The molecule has 1 spiro atoms. The Morgan fingerprint density at radius 3 is 2.77 bits per heavy atom. The van der Waals surface area contributed by atoms with Gasteiger partial charge in [0.15, 0.2) is 5.60 Å². The molecule has 2 aliphatic heterocycles. The second-order valence-corrected chi connectivity index (χ2v) is 7.20. The molecule has 1 aromatic heterocycles. The molecule has 26 heavy (non-hydrogen) atoms. The summed E-state index contributed by atoms with van der Waals surface area (Å²) in [7, 11) is 3.91. The summed E-state index contributed by atoms with van der Waals surface area (Å²) in [6.07, 6.45) is 2.01. The Kier molecular flexibility index (Phi) is 4.42. The molecule has 0 bridgehead atoms. The lowest BCUT2D eigenvalue weighted by molar-refractivity contribution is -0.0935. The molecule has 2 saturated heterocycles. The van der Waals surface area contributed by atoms with Gasteiger partial charge in [-0.15, -0.1) is 0 Å². The van der Waals surface area contributed by atoms with Crippen LogP contribution < -0.4 is 0 Å². The Hall–Kier alpha value is -2.38. The predicted molar refractivity (Wildman–Crippen MR) is 99.1 cm³/mol. The number of nitrogens with zero attached hydrogens (tertiary/aromatic N) is 5. The molecule has 1 N–H and O–H groups in total. The van der Waals surface area contributed by atoms with E-state index < -0.39 is 11.7 Å². The second-order valence-electron chi connectivity index (χ2n) is 7.20. The van der Waals surface area contributed by atoms with E-state index in [1.165, 1.54) is 0 Å². The summed E-state index contributed by atoms with van der Waals surface area (Å²) in [6, 6.07) is 12.4. The predicted octanol–water partition coefficient (Wildman–Crippen LogP) is 1.38. The molecule has 0 saturated carbocycles. The van der Waals surface area contributed by atoms with E-state index in [4.69, 9.17) is 4.74 Å². The van der Waals surface area contributed by atoms with E-state index in [1.807, 2.05) is 60.1 Å². The maximum Gasteiger partial charge on any atom is 0.293 e. The molecule has 0 radical (unpaired) electrons. The van der Waals surface area contributed by atoms with E-state index in [-0.39, 0.29) is 0 Å². The van der Waals surface area contributed by atoms with Crippen molar-refractivity contribution in [2.45, 2.75) is 24.7 Å². The molecule has 4 rings (SSSR count). The fourth-order valence-electron chi connectivity index (χ4n) is 3.73. The molecule has 138 valence electrons.